The molecule has 0 aliphatic rings. The maximum absolute atomic E-state index is 4.58. The Labute approximate surface area is 37.8 Å². The van der Waals surface area contributed by atoms with Gasteiger partial charge in [0.05, 0.1) is 0 Å². The minimum atomic E-state index is 0.873. The summed E-state index contributed by atoms with van der Waals surface area (Å²) >= 11 is 0. The van der Waals surface area contributed by atoms with Gasteiger partial charge in [0.15, 0.2) is 0 Å². The Morgan fingerprint density at radius 2 is 2.00 bits per heavy atom. The number of ketones is 1. The SMILES string of the molecule is C[N-][O+]=C(C)C. The summed E-state index contributed by atoms with van der Waals surface area (Å²) in [6, 6.07) is 0. The Hall–Kier alpha value is -0.530. The average molecular weight is 87.1 g/mol. The molecule has 0 atom stereocenters. The summed E-state index contributed by atoms with van der Waals surface area (Å²) in [5.74, 6) is 0.873. The fourth-order valence-corrected chi connectivity index (χ4v) is 0.183. The quantitative estimate of drug-likeness (QED) is 0.337. The van der Waals surface area contributed by atoms with Crippen LogP contribution in [0.4, 0.5) is 0 Å². The molecular formula is C4H9NO. The Kier molecular flexibility index (Phi) is 2.46. The molecule has 0 bridgehead atoms. The number of hydroxylamine groups is 1. The number of hydrogen-bond donors (Lipinski definition) is 0. The Balaban J connectivity index is 3.14. The molecule has 0 rings (SSSR count). The van der Waals surface area contributed by atoms with E-state index in [0.717, 1.165) is 5.78 Å². The lowest BCUT2D eigenvalue weighted by atomic mass is 10.5. The van der Waals surface area contributed by atoms with Crippen LogP contribution in [0.25, 0.3) is 5.48 Å². The zero-order chi connectivity index (χ0) is 4.99. The fraction of sp³-hybridized carbons (Fsp3) is 0.750. The molecule has 0 aromatic carbocycles. The molecule has 0 N–H and O–H groups in total. The Morgan fingerprint density at radius 3 is 2.00 bits per heavy atom. The van der Waals surface area contributed by atoms with E-state index in [-0.39, 0.29) is 0 Å². The van der Waals surface area contributed by atoms with Crippen molar-refractivity contribution in [3.05, 3.63) is 5.48 Å². The van der Waals surface area contributed by atoms with Gasteiger partial charge >= 0.3 is 0 Å². The van der Waals surface area contributed by atoms with Crippen LogP contribution in [0.2, 0.25) is 0 Å². The summed E-state index contributed by atoms with van der Waals surface area (Å²) < 4.78 is 4.58. The Morgan fingerprint density at radius 1 is 1.50 bits per heavy atom. The molecule has 0 radical (unpaired) electrons. The predicted molar refractivity (Wildman–Crippen MR) is 25.6 cm³/mol. The van der Waals surface area contributed by atoms with E-state index in [2.05, 4.69) is 10.0 Å². The molecule has 0 spiro atoms. The van der Waals surface area contributed by atoms with Gasteiger partial charge in [-0.3, -0.25) is 10.0 Å². The molecule has 0 aliphatic heterocycles. The van der Waals surface area contributed by atoms with Crippen LogP contribution in [0.3, 0.4) is 0 Å². The zero-order valence-electron chi connectivity index (χ0n) is 4.36. The molecule has 0 aliphatic carbocycles. The van der Waals surface area contributed by atoms with Crippen LogP contribution in [0.5, 0.6) is 0 Å². The van der Waals surface area contributed by atoms with E-state index in [1.54, 1.807) is 7.05 Å². The fourth-order valence-electron chi connectivity index (χ4n) is 0.183. The lowest BCUT2D eigenvalue weighted by molar-refractivity contribution is -0.397. The van der Waals surface area contributed by atoms with E-state index in [1.807, 2.05) is 13.8 Å². The van der Waals surface area contributed by atoms with E-state index in [0.29, 0.717) is 0 Å². The normalized spacial score (nSPS) is 7.17. The van der Waals surface area contributed by atoms with E-state index >= 15 is 0 Å². The molecule has 0 fully saturated rings. The molecule has 0 unspecified atom stereocenters. The van der Waals surface area contributed by atoms with Gasteiger partial charge < -0.3 is 0 Å². The van der Waals surface area contributed by atoms with Gasteiger partial charge in [0.2, 0.25) is 0 Å². The molecule has 0 saturated heterocycles. The molecule has 6 heavy (non-hydrogen) atoms. The van der Waals surface area contributed by atoms with E-state index in [1.165, 1.54) is 0 Å². The molecular weight excluding hydrogens is 78.0 g/mol. The van der Waals surface area contributed by atoms with Crippen molar-refractivity contribution < 1.29 is 4.53 Å². The van der Waals surface area contributed by atoms with Crippen LogP contribution in [-0.2, 0) is 4.53 Å². The van der Waals surface area contributed by atoms with Crippen molar-refractivity contribution in [3.8, 4) is 0 Å². The number of nitrogens with zero attached hydrogens (tertiary/aromatic N) is 1. The largest absolute Gasteiger partial charge is 0.291 e. The van der Waals surface area contributed by atoms with Crippen molar-refractivity contribution in [2.24, 2.45) is 0 Å². The van der Waals surface area contributed by atoms with E-state index in [9.17, 15) is 0 Å². The molecule has 2 nitrogen and oxygen atoms in total. The van der Waals surface area contributed by atoms with Crippen molar-refractivity contribution in [2.75, 3.05) is 7.05 Å². The molecule has 2 heteroatoms. The minimum Gasteiger partial charge on any atom is -0.288 e. The predicted octanol–water partition coefficient (Wildman–Crippen LogP) is 1.05. The summed E-state index contributed by atoms with van der Waals surface area (Å²) in [7, 11) is 1.60. The van der Waals surface area contributed by atoms with Crippen molar-refractivity contribution in [2.45, 2.75) is 13.8 Å². The van der Waals surface area contributed by atoms with Gasteiger partial charge in [0.1, 0.15) is 0 Å². The van der Waals surface area contributed by atoms with Crippen molar-refractivity contribution in [1.29, 1.82) is 0 Å². The lowest BCUT2D eigenvalue weighted by Crippen LogP contribution is -1.81. The summed E-state index contributed by atoms with van der Waals surface area (Å²) in [5.41, 5.74) is 3.40. The highest BCUT2D eigenvalue weighted by atomic mass is 16.6. The zero-order valence-corrected chi connectivity index (χ0v) is 4.36. The van der Waals surface area contributed by atoms with Crippen molar-refractivity contribution in [1.82, 2.24) is 0 Å². The summed E-state index contributed by atoms with van der Waals surface area (Å²) in [6.07, 6.45) is 0. The van der Waals surface area contributed by atoms with Crippen LogP contribution in [-0.4, -0.2) is 12.8 Å². The maximum Gasteiger partial charge on any atom is 0.291 e. The van der Waals surface area contributed by atoms with E-state index in [4.69, 9.17) is 0 Å². The first-order chi connectivity index (χ1) is 2.77. The van der Waals surface area contributed by atoms with Gasteiger partial charge in [0, 0.05) is 13.8 Å². The third-order valence-corrected chi connectivity index (χ3v) is 0.274. The second-order valence-corrected chi connectivity index (χ2v) is 1.18. The Bertz CT molecular complexity index is 54.6. The first kappa shape index (κ1) is 5.47. The molecule has 0 aromatic heterocycles. The number of hydrogen-bond acceptors (Lipinski definition) is 0. The van der Waals surface area contributed by atoms with Gasteiger partial charge in [-0.1, -0.05) is 7.05 Å². The van der Waals surface area contributed by atoms with Crippen LogP contribution in [0.1, 0.15) is 13.8 Å². The summed E-state index contributed by atoms with van der Waals surface area (Å²) in [6.45, 7) is 3.71. The summed E-state index contributed by atoms with van der Waals surface area (Å²) in [4.78, 5) is 0. The topological polar surface area (TPSA) is 25.4 Å². The third-order valence-electron chi connectivity index (χ3n) is 0.274. The second kappa shape index (κ2) is 2.69. The molecule has 0 aromatic rings. The van der Waals surface area contributed by atoms with Gasteiger partial charge in [-0.2, -0.15) is 0 Å². The van der Waals surface area contributed by atoms with Gasteiger partial charge in [0.25, 0.3) is 5.78 Å². The molecule has 0 amide bonds. The highest BCUT2D eigenvalue weighted by Gasteiger charge is 1.79. The molecule has 36 valence electrons. The van der Waals surface area contributed by atoms with Gasteiger partial charge in [-0.25, -0.2) is 0 Å². The minimum absolute atomic E-state index is 0.873. The molecule has 0 heterocycles. The van der Waals surface area contributed by atoms with Crippen molar-refractivity contribution >= 4 is 5.78 Å². The lowest BCUT2D eigenvalue weighted by Gasteiger charge is -1.81. The third kappa shape index (κ3) is 3.47. The smallest absolute Gasteiger partial charge is 0.288 e. The molecule has 0 saturated carbocycles. The first-order valence-corrected chi connectivity index (χ1v) is 1.83. The van der Waals surface area contributed by atoms with Crippen LogP contribution in [0.15, 0.2) is 0 Å². The number of carbonyl (C=O) groups excluding carboxylic acids is 1. The highest BCUT2D eigenvalue weighted by Crippen LogP contribution is 1.70. The summed E-state index contributed by atoms with van der Waals surface area (Å²) in [5, 5.41) is 0. The van der Waals surface area contributed by atoms with Crippen LogP contribution >= 0.6 is 0 Å². The van der Waals surface area contributed by atoms with Gasteiger partial charge in [-0.05, 0) is 0 Å². The average Bonchev–Trinajstić information content (AvgIpc) is 1.35. The van der Waals surface area contributed by atoms with E-state index < -0.39 is 0 Å². The number of rotatable bonds is 1. The maximum atomic E-state index is 4.58. The van der Waals surface area contributed by atoms with Crippen LogP contribution in [0, 0.1) is 0 Å². The van der Waals surface area contributed by atoms with Crippen LogP contribution < -0.4 is 0 Å². The first-order valence-electron chi connectivity index (χ1n) is 1.83. The van der Waals surface area contributed by atoms with Gasteiger partial charge in [-0.15, -0.1) is 0 Å². The van der Waals surface area contributed by atoms with Crippen molar-refractivity contribution in [3.63, 3.8) is 0 Å². The standard InChI is InChI=1S/C4H9NO/c1-4(2)6-5-3/h1-3H3. The second-order valence-electron chi connectivity index (χ2n) is 1.18. The highest BCUT2D eigenvalue weighted by molar-refractivity contribution is 5.72. The monoisotopic (exact) mass is 87.1 g/mol.